The molecule has 2 aromatic heterocycles. The second-order valence-electron chi connectivity index (χ2n) is 4.89. The van der Waals surface area contributed by atoms with E-state index in [-0.39, 0.29) is 0 Å². The van der Waals surface area contributed by atoms with Crippen LogP contribution in [0.25, 0.3) is 11.3 Å². The number of thiazole rings is 1. The molecule has 2 heterocycles. The Morgan fingerprint density at radius 3 is 2.96 bits per heavy atom. The van der Waals surface area contributed by atoms with Crippen LogP contribution in [-0.4, -0.2) is 22.4 Å². The lowest BCUT2D eigenvalue weighted by atomic mass is 10.2. The Kier molecular flexibility index (Phi) is 5.36. The summed E-state index contributed by atoms with van der Waals surface area (Å²) in [5.74, 6) is 0. The van der Waals surface area contributed by atoms with Gasteiger partial charge in [0, 0.05) is 33.9 Å². The van der Waals surface area contributed by atoms with E-state index < -0.39 is 0 Å². The zero-order valence-electron chi connectivity index (χ0n) is 12.8. The SMILES string of the molecule is C=CCN=c1scc(-c2cccc(Cl)c2)n1N=Cc1cccnc1. The van der Waals surface area contributed by atoms with E-state index >= 15 is 0 Å². The van der Waals surface area contributed by atoms with Gasteiger partial charge in [-0.1, -0.05) is 35.9 Å². The molecule has 0 unspecified atom stereocenters. The van der Waals surface area contributed by atoms with Gasteiger partial charge in [-0.05, 0) is 18.2 Å². The van der Waals surface area contributed by atoms with Crippen LogP contribution < -0.4 is 4.80 Å². The molecule has 0 saturated carbocycles. The van der Waals surface area contributed by atoms with Gasteiger partial charge >= 0.3 is 0 Å². The maximum atomic E-state index is 6.12. The number of hydrogen-bond donors (Lipinski definition) is 0. The average Bonchev–Trinajstić information content (AvgIpc) is 3.02. The number of aromatic nitrogens is 2. The molecule has 3 aromatic rings. The summed E-state index contributed by atoms with van der Waals surface area (Å²) >= 11 is 7.65. The Balaban J connectivity index is 2.08. The molecule has 0 aliphatic heterocycles. The third-order valence-corrected chi connectivity index (χ3v) is 4.26. The highest BCUT2D eigenvalue weighted by atomic mass is 35.5. The summed E-state index contributed by atoms with van der Waals surface area (Å²) < 4.78 is 1.81. The van der Waals surface area contributed by atoms with Crippen molar-refractivity contribution in [2.45, 2.75) is 0 Å². The van der Waals surface area contributed by atoms with Gasteiger partial charge in [0.25, 0.3) is 0 Å². The van der Waals surface area contributed by atoms with Crippen LogP contribution in [0.5, 0.6) is 0 Å². The van der Waals surface area contributed by atoms with Crippen LogP contribution in [0.4, 0.5) is 0 Å². The molecule has 0 amide bonds. The monoisotopic (exact) mass is 354 g/mol. The molecule has 0 fully saturated rings. The molecule has 1 aromatic carbocycles. The van der Waals surface area contributed by atoms with Crippen LogP contribution in [0.15, 0.2) is 76.9 Å². The van der Waals surface area contributed by atoms with Crippen molar-refractivity contribution in [1.82, 2.24) is 9.66 Å². The molecule has 0 bridgehead atoms. The molecule has 0 atom stereocenters. The van der Waals surface area contributed by atoms with Crippen LogP contribution >= 0.6 is 22.9 Å². The summed E-state index contributed by atoms with van der Waals surface area (Å²) in [6, 6.07) is 11.5. The zero-order chi connectivity index (χ0) is 16.8. The van der Waals surface area contributed by atoms with Crippen LogP contribution in [-0.2, 0) is 0 Å². The highest BCUT2D eigenvalue weighted by Crippen LogP contribution is 2.23. The van der Waals surface area contributed by atoms with Gasteiger partial charge in [0.1, 0.15) is 0 Å². The quantitative estimate of drug-likeness (QED) is 0.499. The molecule has 0 N–H and O–H groups in total. The highest BCUT2D eigenvalue weighted by molar-refractivity contribution is 7.07. The summed E-state index contributed by atoms with van der Waals surface area (Å²) in [6.07, 6.45) is 7.02. The van der Waals surface area contributed by atoms with Crippen LogP contribution in [0.1, 0.15) is 5.56 Å². The topological polar surface area (TPSA) is 42.5 Å². The maximum Gasteiger partial charge on any atom is 0.206 e. The van der Waals surface area contributed by atoms with Crippen molar-refractivity contribution in [2.24, 2.45) is 10.1 Å². The van der Waals surface area contributed by atoms with Crippen molar-refractivity contribution in [2.75, 3.05) is 6.54 Å². The molecular weight excluding hydrogens is 340 g/mol. The van der Waals surface area contributed by atoms with E-state index in [0.29, 0.717) is 11.6 Å². The van der Waals surface area contributed by atoms with E-state index in [0.717, 1.165) is 21.6 Å². The van der Waals surface area contributed by atoms with Crippen molar-refractivity contribution in [3.05, 3.63) is 82.2 Å². The van der Waals surface area contributed by atoms with E-state index in [1.807, 2.05) is 46.5 Å². The van der Waals surface area contributed by atoms with Crippen molar-refractivity contribution in [1.29, 1.82) is 0 Å². The second-order valence-corrected chi connectivity index (χ2v) is 6.16. The average molecular weight is 355 g/mol. The van der Waals surface area contributed by atoms with Crippen LogP contribution in [0.2, 0.25) is 5.02 Å². The lowest BCUT2D eigenvalue weighted by Crippen LogP contribution is -2.12. The fourth-order valence-electron chi connectivity index (χ4n) is 2.08. The number of halogens is 1. The standard InChI is InChI=1S/C18H15ClN4S/c1-2-8-21-18-23(22-12-14-5-4-9-20-11-14)17(13-24-18)15-6-3-7-16(19)10-15/h2-7,9-13H,1,8H2. The van der Waals surface area contributed by atoms with Crippen molar-refractivity contribution < 1.29 is 0 Å². The Morgan fingerprint density at radius 2 is 2.21 bits per heavy atom. The van der Waals surface area contributed by atoms with Crippen molar-refractivity contribution >= 4 is 29.2 Å². The first-order chi connectivity index (χ1) is 11.8. The minimum atomic E-state index is 0.540. The molecule has 4 nitrogen and oxygen atoms in total. The van der Waals surface area contributed by atoms with E-state index in [4.69, 9.17) is 11.6 Å². The van der Waals surface area contributed by atoms with Gasteiger partial charge in [0.15, 0.2) is 0 Å². The molecular formula is C18H15ClN4S. The van der Waals surface area contributed by atoms with E-state index in [9.17, 15) is 0 Å². The summed E-state index contributed by atoms with van der Waals surface area (Å²) in [7, 11) is 0. The maximum absolute atomic E-state index is 6.12. The van der Waals surface area contributed by atoms with Crippen LogP contribution in [0.3, 0.4) is 0 Å². The van der Waals surface area contributed by atoms with Crippen LogP contribution in [0, 0.1) is 0 Å². The lowest BCUT2D eigenvalue weighted by Gasteiger charge is -2.04. The molecule has 0 saturated heterocycles. The van der Waals surface area contributed by atoms with Crippen molar-refractivity contribution in [3.8, 4) is 11.3 Å². The summed E-state index contributed by atoms with van der Waals surface area (Å²) in [5.41, 5.74) is 2.84. The summed E-state index contributed by atoms with van der Waals surface area (Å²) in [6.45, 7) is 4.25. The van der Waals surface area contributed by atoms with Gasteiger partial charge in [-0.25, -0.2) is 4.68 Å². The normalized spacial score (nSPS) is 12.0. The molecule has 6 heteroatoms. The van der Waals surface area contributed by atoms with Gasteiger partial charge < -0.3 is 0 Å². The number of benzene rings is 1. The second kappa shape index (κ2) is 7.86. The first kappa shape index (κ1) is 16.4. The fourth-order valence-corrected chi connectivity index (χ4v) is 3.12. The predicted molar refractivity (Wildman–Crippen MR) is 101 cm³/mol. The number of pyridine rings is 1. The molecule has 0 aliphatic carbocycles. The largest absolute Gasteiger partial charge is 0.264 e. The molecule has 0 aliphatic rings. The Morgan fingerprint density at radius 1 is 1.29 bits per heavy atom. The molecule has 3 rings (SSSR count). The highest BCUT2D eigenvalue weighted by Gasteiger charge is 2.07. The zero-order valence-corrected chi connectivity index (χ0v) is 14.4. The predicted octanol–water partition coefficient (Wildman–Crippen LogP) is 4.23. The third kappa shape index (κ3) is 3.88. The van der Waals surface area contributed by atoms with Gasteiger partial charge in [0.2, 0.25) is 4.80 Å². The summed E-state index contributed by atoms with van der Waals surface area (Å²) in [5, 5.41) is 7.29. The minimum Gasteiger partial charge on any atom is -0.264 e. The molecule has 120 valence electrons. The first-order valence-electron chi connectivity index (χ1n) is 7.30. The number of rotatable bonds is 5. The molecule has 0 radical (unpaired) electrons. The van der Waals surface area contributed by atoms with Gasteiger partial charge in [0.05, 0.1) is 18.5 Å². The third-order valence-electron chi connectivity index (χ3n) is 3.17. The van der Waals surface area contributed by atoms with Gasteiger partial charge in [-0.3, -0.25) is 9.98 Å². The molecule has 0 spiro atoms. The van der Waals surface area contributed by atoms with Gasteiger partial charge in [-0.15, -0.1) is 17.9 Å². The summed E-state index contributed by atoms with van der Waals surface area (Å²) in [4.78, 5) is 9.40. The van der Waals surface area contributed by atoms with E-state index in [2.05, 4.69) is 21.7 Å². The molecule has 24 heavy (non-hydrogen) atoms. The van der Waals surface area contributed by atoms with Gasteiger partial charge in [-0.2, -0.15) is 5.10 Å². The minimum absolute atomic E-state index is 0.540. The lowest BCUT2D eigenvalue weighted by molar-refractivity contribution is 0.840. The fraction of sp³-hybridized carbons (Fsp3) is 0.0556. The smallest absolute Gasteiger partial charge is 0.206 e. The number of nitrogens with zero attached hydrogens (tertiary/aromatic N) is 4. The number of hydrogen-bond acceptors (Lipinski definition) is 4. The van der Waals surface area contributed by atoms with E-state index in [1.165, 1.54) is 11.3 Å². The Hall–Kier alpha value is -2.50. The van der Waals surface area contributed by atoms with E-state index in [1.54, 1.807) is 24.7 Å². The Bertz CT molecular complexity index is 925. The first-order valence-corrected chi connectivity index (χ1v) is 8.56. The van der Waals surface area contributed by atoms with Crippen molar-refractivity contribution in [3.63, 3.8) is 0 Å². The Labute approximate surface area is 149 Å².